The van der Waals surface area contributed by atoms with Crippen molar-refractivity contribution in [1.82, 2.24) is 14.3 Å². The van der Waals surface area contributed by atoms with Crippen LogP contribution in [0.3, 0.4) is 0 Å². The summed E-state index contributed by atoms with van der Waals surface area (Å²) < 4.78 is 2.46. The third kappa shape index (κ3) is 3.79. The van der Waals surface area contributed by atoms with Crippen molar-refractivity contribution in [2.24, 2.45) is 20.0 Å². The summed E-state index contributed by atoms with van der Waals surface area (Å²) in [6.07, 6.45) is 3.03. The van der Waals surface area contributed by atoms with Crippen molar-refractivity contribution in [3.63, 3.8) is 0 Å². The van der Waals surface area contributed by atoms with Gasteiger partial charge in [0.25, 0.3) is 17.0 Å². The molecule has 1 aromatic heterocycles. The Morgan fingerprint density at radius 1 is 1.10 bits per heavy atom. The lowest BCUT2D eigenvalue weighted by Gasteiger charge is -2.22. The number of nitrogens with one attached hydrogen (secondary N) is 2. The number of aromatic hydroxyl groups is 1. The standard InChI is InChI=1S/C21H29N5O4/c1-12-8-6-10-14(12)22-16-17(21(30)26(5)25(4)20(16)29)23-15-11-7-9-13(18(15)27)19(28)24(2)3/h7,9,11-12,14,22-23,27H,6,8,10H2,1-5H3. The van der Waals surface area contributed by atoms with Gasteiger partial charge in [-0.1, -0.05) is 19.4 Å². The molecule has 162 valence electrons. The first kappa shape index (κ1) is 21.5. The van der Waals surface area contributed by atoms with Crippen LogP contribution in [-0.2, 0) is 14.1 Å². The van der Waals surface area contributed by atoms with Crippen molar-refractivity contribution in [2.75, 3.05) is 24.7 Å². The van der Waals surface area contributed by atoms with Crippen LogP contribution in [0.15, 0.2) is 27.8 Å². The first-order chi connectivity index (χ1) is 14.1. The third-order valence-electron chi connectivity index (χ3n) is 5.84. The second-order valence-electron chi connectivity index (χ2n) is 8.09. The number of anilines is 3. The predicted octanol–water partition coefficient (Wildman–Crippen LogP) is 1.84. The number of carbonyl (C=O) groups is 1. The average Bonchev–Trinajstić information content (AvgIpc) is 3.12. The molecule has 1 aromatic carbocycles. The quantitative estimate of drug-likeness (QED) is 0.643. The molecule has 2 unspecified atom stereocenters. The molecule has 9 heteroatoms. The molecule has 9 nitrogen and oxygen atoms in total. The number of para-hydroxylation sites is 1. The van der Waals surface area contributed by atoms with E-state index in [0.29, 0.717) is 5.92 Å². The van der Waals surface area contributed by atoms with Crippen LogP contribution in [0, 0.1) is 5.92 Å². The molecule has 0 radical (unpaired) electrons. The van der Waals surface area contributed by atoms with Gasteiger partial charge >= 0.3 is 0 Å². The van der Waals surface area contributed by atoms with E-state index in [-0.39, 0.29) is 45.9 Å². The Balaban J connectivity index is 2.10. The van der Waals surface area contributed by atoms with Gasteiger partial charge in [0.2, 0.25) is 0 Å². The molecule has 3 N–H and O–H groups in total. The van der Waals surface area contributed by atoms with Crippen LogP contribution in [-0.4, -0.2) is 45.4 Å². The highest BCUT2D eigenvalue weighted by atomic mass is 16.3. The summed E-state index contributed by atoms with van der Waals surface area (Å²) in [5.41, 5.74) is -0.277. The van der Waals surface area contributed by atoms with Crippen molar-refractivity contribution >= 4 is 23.0 Å². The number of nitrogens with zero attached hydrogens (tertiary/aromatic N) is 3. The van der Waals surface area contributed by atoms with Crippen LogP contribution in [0.1, 0.15) is 36.5 Å². The molecule has 1 aliphatic rings. The van der Waals surface area contributed by atoms with E-state index in [0.717, 1.165) is 19.3 Å². The third-order valence-corrected chi connectivity index (χ3v) is 5.84. The van der Waals surface area contributed by atoms with Gasteiger partial charge in [-0.3, -0.25) is 14.4 Å². The number of aromatic nitrogens is 2. The van der Waals surface area contributed by atoms with Crippen molar-refractivity contribution in [3.05, 3.63) is 44.5 Å². The Labute approximate surface area is 174 Å². The molecule has 0 bridgehead atoms. The zero-order chi connectivity index (χ0) is 22.2. The molecule has 1 heterocycles. The summed E-state index contributed by atoms with van der Waals surface area (Å²) in [6, 6.07) is 4.75. The normalized spacial score (nSPS) is 18.3. The minimum atomic E-state index is -0.422. The molecule has 1 aliphatic carbocycles. The zero-order valence-electron chi connectivity index (χ0n) is 18.0. The van der Waals surface area contributed by atoms with E-state index >= 15 is 0 Å². The Morgan fingerprint density at radius 3 is 2.30 bits per heavy atom. The maximum atomic E-state index is 13.0. The summed E-state index contributed by atoms with van der Waals surface area (Å²) >= 11 is 0. The Bertz CT molecular complexity index is 1090. The van der Waals surface area contributed by atoms with Gasteiger partial charge in [0.15, 0.2) is 5.75 Å². The number of hydrogen-bond donors (Lipinski definition) is 3. The molecular formula is C21H29N5O4. The molecule has 2 atom stereocenters. The molecule has 30 heavy (non-hydrogen) atoms. The van der Waals surface area contributed by atoms with Crippen molar-refractivity contribution < 1.29 is 9.90 Å². The fourth-order valence-electron chi connectivity index (χ4n) is 3.80. The van der Waals surface area contributed by atoms with Gasteiger partial charge in [0.05, 0.1) is 11.3 Å². The fourth-order valence-corrected chi connectivity index (χ4v) is 3.80. The monoisotopic (exact) mass is 415 g/mol. The first-order valence-electron chi connectivity index (χ1n) is 10.0. The summed E-state index contributed by atoms with van der Waals surface area (Å²) in [6.45, 7) is 2.12. The lowest BCUT2D eigenvalue weighted by Crippen LogP contribution is -2.39. The van der Waals surface area contributed by atoms with Crippen molar-refractivity contribution in [1.29, 1.82) is 0 Å². The molecule has 0 saturated heterocycles. The van der Waals surface area contributed by atoms with Crippen LogP contribution >= 0.6 is 0 Å². The smallest absolute Gasteiger partial charge is 0.290 e. The maximum Gasteiger partial charge on any atom is 0.290 e. The summed E-state index contributed by atoms with van der Waals surface area (Å²) in [5.74, 6) is -0.272. The Morgan fingerprint density at radius 2 is 1.73 bits per heavy atom. The molecule has 0 spiro atoms. The van der Waals surface area contributed by atoms with Crippen LogP contribution in [0.25, 0.3) is 0 Å². The topological polar surface area (TPSA) is 109 Å². The van der Waals surface area contributed by atoms with E-state index < -0.39 is 5.56 Å². The molecule has 2 aromatic rings. The maximum absolute atomic E-state index is 13.0. The average molecular weight is 415 g/mol. The number of rotatable bonds is 5. The van der Waals surface area contributed by atoms with E-state index in [1.165, 1.54) is 34.4 Å². The predicted molar refractivity (Wildman–Crippen MR) is 117 cm³/mol. The van der Waals surface area contributed by atoms with Gasteiger partial charge in [-0.2, -0.15) is 0 Å². The van der Waals surface area contributed by atoms with Crippen LogP contribution in [0.2, 0.25) is 0 Å². The summed E-state index contributed by atoms with van der Waals surface area (Å²) in [7, 11) is 6.21. The van der Waals surface area contributed by atoms with Crippen molar-refractivity contribution in [2.45, 2.75) is 32.2 Å². The number of phenolic OH excluding ortho intramolecular Hbond substituents is 1. The summed E-state index contributed by atoms with van der Waals surface area (Å²) in [4.78, 5) is 39.7. The van der Waals surface area contributed by atoms with E-state index in [9.17, 15) is 19.5 Å². The minimum absolute atomic E-state index is 0.0458. The van der Waals surface area contributed by atoms with Gasteiger partial charge in [-0.15, -0.1) is 0 Å². The van der Waals surface area contributed by atoms with E-state index in [1.807, 2.05) is 0 Å². The van der Waals surface area contributed by atoms with Crippen LogP contribution in [0.4, 0.5) is 17.1 Å². The number of amides is 1. The highest BCUT2D eigenvalue weighted by molar-refractivity contribution is 5.98. The fraction of sp³-hybridized carbons (Fsp3) is 0.476. The lowest BCUT2D eigenvalue weighted by atomic mass is 10.1. The van der Waals surface area contributed by atoms with Crippen molar-refractivity contribution in [3.8, 4) is 5.75 Å². The number of hydrogen-bond acceptors (Lipinski definition) is 6. The first-order valence-corrected chi connectivity index (χ1v) is 10.0. The van der Waals surface area contributed by atoms with Crippen LogP contribution in [0.5, 0.6) is 5.75 Å². The molecular weight excluding hydrogens is 386 g/mol. The highest BCUT2D eigenvalue weighted by Crippen LogP contribution is 2.33. The SMILES string of the molecule is CC1CCCC1Nc1c(Nc2cccc(C(=O)N(C)C)c2O)c(=O)n(C)n(C)c1=O. The molecule has 1 amide bonds. The minimum Gasteiger partial charge on any atom is -0.505 e. The number of benzene rings is 1. The Hall–Kier alpha value is -3.23. The van der Waals surface area contributed by atoms with Gasteiger partial charge in [-0.05, 0) is 30.9 Å². The highest BCUT2D eigenvalue weighted by Gasteiger charge is 2.27. The van der Waals surface area contributed by atoms with E-state index in [1.54, 1.807) is 26.2 Å². The second kappa shape index (κ2) is 8.25. The molecule has 3 rings (SSSR count). The molecule has 1 fully saturated rings. The largest absolute Gasteiger partial charge is 0.505 e. The Kier molecular flexibility index (Phi) is 5.91. The molecule has 1 saturated carbocycles. The van der Waals surface area contributed by atoms with Gasteiger partial charge < -0.3 is 20.6 Å². The van der Waals surface area contributed by atoms with Gasteiger partial charge in [0, 0.05) is 34.2 Å². The summed E-state index contributed by atoms with van der Waals surface area (Å²) in [5, 5.41) is 16.8. The van der Waals surface area contributed by atoms with E-state index in [2.05, 4.69) is 17.6 Å². The number of phenols is 1. The molecule has 0 aliphatic heterocycles. The second-order valence-corrected chi connectivity index (χ2v) is 8.09. The van der Waals surface area contributed by atoms with Crippen LogP contribution < -0.4 is 21.8 Å². The van der Waals surface area contributed by atoms with Gasteiger partial charge in [-0.25, -0.2) is 9.36 Å². The zero-order valence-corrected chi connectivity index (χ0v) is 18.0. The number of carbonyl (C=O) groups excluding carboxylic acids is 1. The lowest BCUT2D eigenvalue weighted by molar-refractivity contribution is 0.0824. The van der Waals surface area contributed by atoms with Gasteiger partial charge in [0.1, 0.15) is 11.4 Å². The van der Waals surface area contributed by atoms with E-state index in [4.69, 9.17) is 0 Å².